The molecule has 8 nitrogen and oxygen atoms in total. The van der Waals surface area contributed by atoms with E-state index in [-0.39, 0.29) is 33.0 Å². The Hall–Kier alpha value is -9.38. The summed E-state index contributed by atoms with van der Waals surface area (Å²) in [5.74, 6) is 1.17. The maximum atomic E-state index is 14.1. The molecule has 17 rings (SSSR count). The summed E-state index contributed by atoms with van der Waals surface area (Å²) >= 11 is 10.5. The largest absolute Gasteiger partial charge is 0.491 e. The van der Waals surface area contributed by atoms with E-state index >= 15 is 0 Å². The first kappa shape index (κ1) is 56.6. The van der Waals surface area contributed by atoms with Crippen LogP contribution in [0.1, 0.15) is 0 Å². The maximum absolute atomic E-state index is 14.1. The Labute approximate surface area is 552 Å². The molecule has 0 unspecified atom stereocenters. The SMILES string of the molecule is C=CC(=O)OCCNC(=O)OCC1(CSc2nc3ccccc3s2)COc2c(cc(-c3cccc4c3sc3ccccc34)cc2-c2cccc3c2sc2ccccc23)-c2cc(-c3cccc4c3sc3ccccc34)cc(-c3cccc4c3sc3ccccc34)c2OC1. The van der Waals surface area contributed by atoms with Crippen molar-refractivity contribution in [1.29, 1.82) is 0 Å². The van der Waals surface area contributed by atoms with Crippen molar-refractivity contribution in [2.24, 2.45) is 5.41 Å². The topological polar surface area (TPSA) is 96.0 Å². The van der Waals surface area contributed by atoms with Gasteiger partial charge in [-0.3, -0.25) is 0 Å². The molecule has 11 aromatic carbocycles. The lowest BCUT2D eigenvalue weighted by atomic mass is 9.87. The van der Waals surface area contributed by atoms with E-state index in [4.69, 9.17) is 23.9 Å². The molecule has 1 N–H and O–H groups in total. The maximum Gasteiger partial charge on any atom is 0.407 e. The number of hydrogen-bond acceptors (Lipinski definition) is 13. The Balaban J connectivity index is 0.961. The number of thioether (sulfide) groups is 1. The number of para-hydroxylation sites is 1. The molecule has 0 saturated heterocycles. The fourth-order valence-corrected chi connectivity index (χ4v) is 20.2. The molecular weight excluding hydrogens is 1250 g/mol. The molecule has 0 fully saturated rings. The molecule has 0 atom stereocenters. The van der Waals surface area contributed by atoms with Gasteiger partial charge in [-0.25, -0.2) is 14.6 Å². The van der Waals surface area contributed by atoms with Crippen molar-refractivity contribution in [2.45, 2.75) is 4.34 Å². The lowest BCUT2D eigenvalue weighted by Crippen LogP contribution is -2.43. The highest BCUT2D eigenvalue weighted by atomic mass is 32.2. The van der Waals surface area contributed by atoms with Crippen molar-refractivity contribution in [3.63, 3.8) is 0 Å². The van der Waals surface area contributed by atoms with E-state index in [2.05, 4.69) is 212 Å². The van der Waals surface area contributed by atoms with E-state index < -0.39 is 17.5 Å². The average molecular weight is 1310 g/mol. The molecule has 0 spiro atoms. The van der Waals surface area contributed by atoms with Crippen LogP contribution in [0.4, 0.5) is 4.79 Å². The predicted molar refractivity (Wildman–Crippen MR) is 389 cm³/mol. The highest BCUT2D eigenvalue weighted by Crippen LogP contribution is 2.56. The van der Waals surface area contributed by atoms with Crippen LogP contribution in [0.15, 0.2) is 235 Å². The van der Waals surface area contributed by atoms with Gasteiger partial charge >= 0.3 is 12.1 Å². The number of esters is 1. The number of thiazole rings is 1. The number of rotatable bonds is 13. The van der Waals surface area contributed by atoms with Gasteiger partial charge in [0.1, 0.15) is 37.9 Å². The van der Waals surface area contributed by atoms with Crippen molar-refractivity contribution >= 4 is 171 Å². The van der Waals surface area contributed by atoms with Gasteiger partial charge in [0.25, 0.3) is 0 Å². The van der Waals surface area contributed by atoms with Gasteiger partial charge in [-0.1, -0.05) is 176 Å². The summed E-state index contributed by atoms with van der Waals surface area (Å²) in [6.07, 6.45) is 0.430. The molecule has 14 heteroatoms. The van der Waals surface area contributed by atoms with E-state index in [0.717, 1.165) is 85.7 Å². The van der Waals surface area contributed by atoms with Crippen LogP contribution < -0.4 is 14.8 Å². The minimum absolute atomic E-state index is 0.0357. The Morgan fingerprint density at radius 2 is 0.859 bits per heavy atom. The number of ether oxygens (including phenoxy) is 4. The molecule has 0 aliphatic carbocycles. The second-order valence-electron chi connectivity index (χ2n) is 23.1. The fourth-order valence-electron chi connectivity index (χ4n) is 13.0. The van der Waals surface area contributed by atoms with Gasteiger partial charge in [-0.2, -0.15) is 0 Å². The minimum atomic E-state index is -1.03. The third kappa shape index (κ3) is 9.95. The average Bonchev–Trinajstić information content (AvgIpc) is 1.31. The molecule has 0 saturated carbocycles. The number of hydrogen-bond donors (Lipinski definition) is 1. The van der Waals surface area contributed by atoms with Crippen molar-refractivity contribution in [3.8, 4) is 67.1 Å². The fraction of sp³-hybridized carbons (Fsp3) is 0.0897. The Morgan fingerprint density at radius 3 is 1.30 bits per heavy atom. The van der Waals surface area contributed by atoms with Gasteiger partial charge in [0, 0.05) is 126 Å². The van der Waals surface area contributed by atoms with Crippen LogP contribution in [0.25, 0.3) is 147 Å². The van der Waals surface area contributed by atoms with E-state index in [9.17, 15) is 9.59 Å². The number of thiophene rings is 4. The first-order valence-electron chi connectivity index (χ1n) is 30.2. The van der Waals surface area contributed by atoms with Crippen molar-refractivity contribution in [1.82, 2.24) is 10.3 Å². The number of benzene rings is 11. The molecule has 1 aliphatic heterocycles. The zero-order valence-corrected chi connectivity index (χ0v) is 54.1. The van der Waals surface area contributed by atoms with E-state index in [1.165, 1.54) is 71.3 Å². The summed E-state index contributed by atoms with van der Waals surface area (Å²) in [6, 6.07) is 78.9. The van der Waals surface area contributed by atoms with Crippen LogP contribution in [0.3, 0.4) is 0 Å². The zero-order chi connectivity index (χ0) is 61.4. The zero-order valence-electron chi connectivity index (χ0n) is 49.2. The molecule has 0 bridgehead atoms. The second-order valence-corrected chi connectivity index (χ2v) is 29.6. The van der Waals surface area contributed by atoms with Crippen molar-refractivity contribution < 1.29 is 28.5 Å². The lowest BCUT2D eigenvalue weighted by molar-refractivity contribution is -0.137. The Bertz CT molecular complexity index is 5360. The summed E-state index contributed by atoms with van der Waals surface area (Å²) in [5, 5.41) is 12.4. The molecule has 16 aromatic rings. The first-order valence-corrected chi connectivity index (χ1v) is 35.3. The van der Waals surface area contributed by atoms with Crippen LogP contribution in [0.5, 0.6) is 11.5 Å². The molecule has 1 aliphatic rings. The number of aromatic nitrogens is 1. The highest BCUT2D eigenvalue weighted by molar-refractivity contribution is 8.01. The van der Waals surface area contributed by atoms with Crippen molar-refractivity contribution in [3.05, 3.63) is 231 Å². The van der Waals surface area contributed by atoms with Gasteiger partial charge in [0.2, 0.25) is 0 Å². The molecule has 446 valence electrons. The highest BCUT2D eigenvalue weighted by Gasteiger charge is 2.39. The molecule has 92 heavy (non-hydrogen) atoms. The molecule has 6 heterocycles. The monoisotopic (exact) mass is 1300 g/mol. The Kier molecular flexibility index (Phi) is 14.4. The van der Waals surface area contributed by atoms with Crippen LogP contribution in [0.2, 0.25) is 0 Å². The normalized spacial score (nSPS) is 13.1. The molecular formula is C78H52N2O6S6. The van der Waals surface area contributed by atoms with Gasteiger partial charge in [0.15, 0.2) is 4.34 Å². The first-order chi connectivity index (χ1) is 45.3. The van der Waals surface area contributed by atoms with Gasteiger partial charge < -0.3 is 24.3 Å². The van der Waals surface area contributed by atoms with Crippen LogP contribution in [-0.4, -0.2) is 55.8 Å². The minimum Gasteiger partial charge on any atom is -0.491 e. The number of nitrogens with one attached hydrogen (secondary N) is 1. The summed E-state index contributed by atoms with van der Waals surface area (Å²) in [6.45, 7) is 3.54. The summed E-state index contributed by atoms with van der Waals surface area (Å²) < 4.78 is 38.8. The van der Waals surface area contributed by atoms with Crippen LogP contribution in [-0.2, 0) is 14.3 Å². The number of fused-ring (bicyclic) bond motifs is 16. The van der Waals surface area contributed by atoms with Crippen LogP contribution in [0, 0.1) is 5.41 Å². The third-order valence-electron chi connectivity index (χ3n) is 17.4. The van der Waals surface area contributed by atoms with E-state index in [0.29, 0.717) is 17.3 Å². The standard InChI is InChI=1S/C78H52N2O6S6/c1-2-69(81)83-36-35-79-76(82)86-43-78(44-87-77-80-63-29-7-12-34-68(63)92-77)41-84-70-59(57-27-15-25-55-51-19-5-10-32-66(51)90-74(55)57)37-45(47-21-13-23-53-49-17-3-8-30-64(49)88-72(47)53)39-61(70)62-40-46(48-22-14-24-54-50-18-4-9-31-65(50)89-73(48)54)38-60(71(62)85-42-78)58-28-16-26-56-52-20-6-11-33-67(52)91-75(56)58/h2-34,37-40H,1,35-36,41-44H2,(H,79,82). The number of nitrogens with zero attached hydrogens (tertiary/aromatic N) is 1. The van der Waals surface area contributed by atoms with Gasteiger partial charge in [0.05, 0.1) is 22.2 Å². The molecule has 5 aromatic heterocycles. The second kappa shape index (κ2) is 23.4. The third-order valence-corrected chi connectivity index (χ3v) is 24.8. The number of carbonyl (C=O) groups excluding carboxylic acids is 2. The molecule has 0 radical (unpaired) electrons. The smallest absolute Gasteiger partial charge is 0.407 e. The summed E-state index contributed by atoms with van der Waals surface area (Å²) in [7, 11) is 0. The number of alkyl carbamates (subject to hydrolysis) is 1. The van der Waals surface area contributed by atoms with Gasteiger partial charge in [-0.05, 0) is 82.9 Å². The number of carbonyl (C=O) groups is 2. The van der Waals surface area contributed by atoms with E-state index in [1.54, 1.807) is 45.8 Å². The van der Waals surface area contributed by atoms with Gasteiger partial charge in [-0.15, -0.1) is 56.7 Å². The lowest BCUT2D eigenvalue weighted by Gasteiger charge is -2.32. The quantitative estimate of drug-likeness (QED) is 0.0528. The van der Waals surface area contributed by atoms with Crippen LogP contribution >= 0.6 is 68.4 Å². The molecule has 1 amide bonds. The number of amides is 1. The predicted octanol–water partition coefficient (Wildman–Crippen LogP) is 22.1. The summed E-state index contributed by atoms with van der Waals surface area (Å²) in [5.41, 5.74) is 9.82. The summed E-state index contributed by atoms with van der Waals surface area (Å²) in [4.78, 5) is 31.2. The van der Waals surface area contributed by atoms with Crippen molar-refractivity contribution in [2.75, 3.05) is 38.7 Å². The Morgan fingerprint density at radius 1 is 0.467 bits per heavy atom. The van der Waals surface area contributed by atoms with E-state index in [1.807, 2.05) is 40.9 Å².